The second-order valence-electron chi connectivity index (χ2n) is 13.1. The number of aromatic hydroxyl groups is 1. The van der Waals surface area contributed by atoms with Gasteiger partial charge in [0, 0.05) is 18.5 Å². The zero-order valence-corrected chi connectivity index (χ0v) is 30.3. The van der Waals surface area contributed by atoms with E-state index in [2.05, 4.69) is 0 Å². The van der Waals surface area contributed by atoms with Crippen LogP contribution in [-0.2, 0) is 19.2 Å². The Morgan fingerprint density at radius 1 is 0.843 bits per heavy atom. The zero-order valence-electron chi connectivity index (χ0n) is 28.0. The average Bonchev–Trinajstić information content (AvgIpc) is 3.46. The SMILES string of the molecule is COc1ccc(OC)c(C=Cc2ccc(N3C(=O)C4CC=C5C(CC6(Cl)C(=O)N(C)C(=O)C6(Cl)C5c5cc(Cl)c(O)c(OC)c5)C4C3=O)cc2)c1. The number of rotatable bonds is 7. The van der Waals surface area contributed by atoms with Crippen molar-refractivity contribution in [3.05, 3.63) is 88.0 Å². The van der Waals surface area contributed by atoms with Crippen molar-refractivity contribution in [3.8, 4) is 23.0 Å². The number of methoxy groups -OCH3 is 3. The smallest absolute Gasteiger partial charge is 0.253 e. The van der Waals surface area contributed by atoms with Crippen LogP contribution in [0, 0.1) is 17.8 Å². The molecule has 2 heterocycles. The maximum absolute atomic E-state index is 14.4. The normalized spacial score (nSPS) is 28.5. The molecule has 2 aliphatic carbocycles. The number of fused-ring (bicyclic) bond motifs is 4. The number of carbonyl (C=O) groups excluding carboxylic acids is 4. The quantitative estimate of drug-likeness (QED) is 0.127. The van der Waals surface area contributed by atoms with E-state index in [0.717, 1.165) is 16.0 Å². The summed E-state index contributed by atoms with van der Waals surface area (Å²) < 4.78 is 16.1. The van der Waals surface area contributed by atoms with Gasteiger partial charge in [0.2, 0.25) is 11.8 Å². The number of benzene rings is 3. The van der Waals surface area contributed by atoms with Gasteiger partial charge in [-0.05, 0) is 72.4 Å². The molecule has 3 aromatic rings. The fraction of sp³-hybridized carbons (Fsp3) is 0.316. The summed E-state index contributed by atoms with van der Waals surface area (Å²) >= 11 is 20.9. The number of halogens is 3. The van der Waals surface area contributed by atoms with E-state index in [0.29, 0.717) is 28.3 Å². The van der Waals surface area contributed by atoms with Crippen molar-refractivity contribution < 1.29 is 38.5 Å². The van der Waals surface area contributed by atoms with Gasteiger partial charge in [-0.15, -0.1) is 23.2 Å². The third-order valence-corrected chi connectivity index (χ3v) is 12.4. The lowest BCUT2D eigenvalue weighted by molar-refractivity contribution is -0.138. The Labute approximate surface area is 309 Å². The summed E-state index contributed by atoms with van der Waals surface area (Å²) in [6.45, 7) is 0. The maximum atomic E-state index is 14.4. The van der Waals surface area contributed by atoms with Crippen LogP contribution < -0.4 is 19.1 Å². The molecule has 0 bridgehead atoms. The summed E-state index contributed by atoms with van der Waals surface area (Å²) in [4.78, 5) is 54.1. The van der Waals surface area contributed by atoms with Gasteiger partial charge in [0.1, 0.15) is 11.5 Å². The number of hydrogen-bond donors (Lipinski definition) is 1. The number of nitrogens with zero attached hydrogens (tertiary/aromatic N) is 2. The van der Waals surface area contributed by atoms with Crippen molar-refractivity contribution in [1.82, 2.24) is 4.90 Å². The second kappa shape index (κ2) is 12.6. The Bertz CT molecular complexity index is 2070. The fourth-order valence-corrected chi connectivity index (χ4v) is 9.42. The van der Waals surface area contributed by atoms with Crippen LogP contribution in [0.3, 0.4) is 0 Å². The van der Waals surface area contributed by atoms with E-state index in [4.69, 9.17) is 49.0 Å². The maximum Gasteiger partial charge on any atom is 0.253 e. The van der Waals surface area contributed by atoms with Gasteiger partial charge >= 0.3 is 0 Å². The summed E-state index contributed by atoms with van der Waals surface area (Å²) in [7, 11) is 5.84. The van der Waals surface area contributed by atoms with Crippen molar-refractivity contribution in [2.45, 2.75) is 28.5 Å². The topological polar surface area (TPSA) is 123 Å². The van der Waals surface area contributed by atoms with Crippen molar-refractivity contribution in [3.63, 3.8) is 0 Å². The van der Waals surface area contributed by atoms with Crippen LogP contribution in [0.15, 0.2) is 66.2 Å². The van der Waals surface area contributed by atoms with E-state index in [1.165, 1.54) is 31.2 Å². The van der Waals surface area contributed by atoms with Gasteiger partial charge in [-0.2, -0.15) is 0 Å². The molecule has 7 rings (SSSR count). The van der Waals surface area contributed by atoms with Crippen LogP contribution in [0.25, 0.3) is 12.2 Å². The molecule has 0 aromatic heterocycles. The number of hydrogen-bond acceptors (Lipinski definition) is 8. The first-order valence-electron chi connectivity index (χ1n) is 16.1. The molecule has 6 atom stereocenters. The molecule has 13 heteroatoms. The van der Waals surface area contributed by atoms with Crippen LogP contribution in [0.2, 0.25) is 5.02 Å². The molecule has 2 aliphatic heterocycles. The molecule has 4 aliphatic rings. The number of anilines is 1. The van der Waals surface area contributed by atoms with Crippen molar-refractivity contribution in [2.75, 3.05) is 33.3 Å². The predicted octanol–water partition coefficient (Wildman–Crippen LogP) is 6.44. The molecule has 2 saturated heterocycles. The van der Waals surface area contributed by atoms with Gasteiger partial charge in [0.15, 0.2) is 21.2 Å². The van der Waals surface area contributed by atoms with Crippen molar-refractivity contribution in [2.24, 2.45) is 17.8 Å². The van der Waals surface area contributed by atoms with Crippen LogP contribution in [0.1, 0.15) is 35.4 Å². The van der Waals surface area contributed by atoms with Gasteiger partial charge in [-0.25, -0.2) is 0 Å². The zero-order chi connectivity index (χ0) is 36.6. The standard InChI is InChI=1S/C38H33Cl3N2O8/c1-42-35(47)37(40)18-26-24(31(38(37,41)36(42)48)21-16-27(39)32(44)29(17-21)51-4)12-13-25-30(26)34(46)43(33(25)45)22-9-6-19(7-10-22)5-8-20-15-23(49-2)11-14-28(20)50-3/h5-12,14-17,25-26,30-31,44H,13,18H2,1-4H3. The third-order valence-electron chi connectivity index (χ3n) is 10.7. The van der Waals surface area contributed by atoms with Gasteiger partial charge in [-0.1, -0.05) is 47.5 Å². The number of imide groups is 2. The molecule has 264 valence electrons. The van der Waals surface area contributed by atoms with E-state index in [9.17, 15) is 24.3 Å². The van der Waals surface area contributed by atoms with Crippen LogP contribution in [0.5, 0.6) is 23.0 Å². The number of alkyl halides is 2. The minimum Gasteiger partial charge on any atom is -0.503 e. The molecule has 4 amide bonds. The summed E-state index contributed by atoms with van der Waals surface area (Å²) in [6, 6.07) is 15.4. The highest BCUT2D eigenvalue weighted by Gasteiger charge is 2.76. The molecule has 1 N–H and O–H groups in total. The van der Waals surface area contributed by atoms with Crippen LogP contribution >= 0.6 is 34.8 Å². The van der Waals surface area contributed by atoms with Gasteiger partial charge in [0.05, 0.1) is 43.9 Å². The molecule has 0 spiro atoms. The lowest BCUT2D eigenvalue weighted by Crippen LogP contribution is -2.60. The molecule has 3 aromatic carbocycles. The van der Waals surface area contributed by atoms with E-state index in [1.807, 2.05) is 30.4 Å². The number of phenolic OH excluding ortho intramolecular Hbond substituents is 1. The summed E-state index contributed by atoms with van der Waals surface area (Å²) in [5, 5.41) is 10.4. The monoisotopic (exact) mass is 750 g/mol. The van der Waals surface area contributed by atoms with Gasteiger partial charge in [0.25, 0.3) is 11.8 Å². The molecular formula is C38H33Cl3N2O8. The molecular weight excluding hydrogens is 719 g/mol. The Morgan fingerprint density at radius 3 is 2.22 bits per heavy atom. The highest BCUT2D eigenvalue weighted by Crippen LogP contribution is 2.65. The van der Waals surface area contributed by atoms with Crippen molar-refractivity contribution >= 4 is 76.3 Å². The Hall–Kier alpha value is -4.51. The number of likely N-dealkylation sites (tertiary alicyclic amines) is 1. The lowest BCUT2D eigenvalue weighted by Gasteiger charge is -2.50. The minimum absolute atomic E-state index is 0.0266. The molecule has 10 nitrogen and oxygen atoms in total. The predicted molar refractivity (Wildman–Crippen MR) is 193 cm³/mol. The Balaban J connectivity index is 1.24. The number of allylic oxidation sites excluding steroid dienone is 2. The van der Waals surface area contributed by atoms with E-state index in [-0.39, 0.29) is 35.3 Å². The molecule has 51 heavy (non-hydrogen) atoms. The van der Waals surface area contributed by atoms with Crippen LogP contribution in [-0.4, -0.2) is 71.8 Å². The van der Waals surface area contributed by atoms with Gasteiger partial charge < -0.3 is 19.3 Å². The first-order valence-corrected chi connectivity index (χ1v) is 17.3. The summed E-state index contributed by atoms with van der Waals surface area (Å²) in [5.41, 5.74) is 2.99. The van der Waals surface area contributed by atoms with E-state index < -0.39 is 51.1 Å². The Morgan fingerprint density at radius 2 is 1.55 bits per heavy atom. The minimum atomic E-state index is -2.00. The number of amides is 4. The highest BCUT2D eigenvalue weighted by atomic mass is 35.5. The van der Waals surface area contributed by atoms with Crippen LogP contribution in [0.4, 0.5) is 5.69 Å². The van der Waals surface area contributed by atoms with Gasteiger partial charge in [-0.3, -0.25) is 29.0 Å². The summed E-state index contributed by atoms with van der Waals surface area (Å²) in [6.07, 6.45) is 5.64. The lowest BCUT2D eigenvalue weighted by atomic mass is 9.56. The van der Waals surface area contributed by atoms with Crippen molar-refractivity contribution in [1.29, 1.82) is 0 Å². The fourth-order valence-electron chi connectivity index (χ4n) is 8.18. The number of ether oxygens (including phenoxy) is 3. The van der Waals surface area contributed by atoms with E-state index >= 15 is 0 Å². The molecule has 3 fully saturated rings. The first-order chi connectivity index (χ1) is 24.3. The summed E-state index contributed by atoms with van der Waals surface area (Å²) in [5.74, 6) is -4.50. The number of phenols is 1. The molecule has 0 radical (unpaired) electrons. The molecule has 1 saturated carbocycles. The first kappa shape index (κ1) is 34.9. The second-order valence-corrected chi connectivity index (χ2v) is 14.7. The third kappa shape index (κ3) is 5.05. The van der Waals surface area contributed by atoms with E-state index in [1.54, 1.807) is 44.6 Å². The molecule has 6 unspecified atom stereocenters. The highest BCUT2D eigenvalue weighted by molar-refractivity contribution is 6.53. The largest absolute Gasteiger partial charge is 0.503 e. The Kier molecular flexibility index (Phi) is 8.64. The average molecular weight is 752 g/mol. The number of carbonyl (C=O) groups is 4.